The number of benzene rings is 2. The Hall–Kier alpha value is -2.54. The van der Waals surface area contributed by atoms with Crippen LogP contribution < -0.4 is 10.1 Å². The van der Waals surface area contributed by atoms with E-state index in [1.807, 2.05) is 45.0 Å². The highest BCUT2D eigenvalue weighted by atomic mass is 32.2. The van der Waals surface area contributed by atoms with Crippen molar-refractivity contribution < 1.29 is 18.7 Å². The van der Waals surface area contributed by atoms with Crippen LogP contribution in [0.3, 0.4) is 0 Å². The van der Waals surface area contributed by atoms with Crippen molar-refractivity contribution in [2.45, 2.75) is 51.6 Å². The second-order valence-electron chi connectivity index (χ2n) is 8.40. The molecule has 5 nitrogen and oxygen atoms in total. The molecular formula is C24H31FN2O3S. The fourth-order valence-electron chi connectivity index (χ4n) is 2.90. The lowest BCUT2D eigenvalue weighted by Crippen LogP contribution is -2.52. The van der Waals surface area contributed by atoms with Crippen LogP contribution >= 0.6 is 11.8 Å². The average molecular weight is 447 g/mol. The molecule has 2 aromatic carbocycles. The smallest absolute Gasteiger partial charge is 0.242 e. The van der Waals surface area contributed by atoms with E-state index in [2.05, 4.69) is 5.32 Å². The van der Waals surface area contributed by atoms with Gasteiger partial charge in [-0.15, -0.1) is 11.8 Å². The topological polar surface area (TPSA) is 58.6 Å². The summed E-state index contributed by atoms with van der Waals surface area (Å²) in [5, 5.41) is 2.93. The van der Waals surface area contributed by atoms with E-state index in [0.717, 1.165) is 16.9 Å². The Morgan fingerprint density at radius 2 is 1.65 bits per heavy atom. The number of carbonyl (C=O) groups is 2. The third-order valence-electron chi connectivity index (χ3n) is 4.58. The van der Waals surface area contributed by atoms with Gasteiger partial charge in [0.25, 0.3) is 0 Å². The molecule has 0 aliphatic heterocycles. The summed E-state index contributed by atoms with van der Waals surface area (Å²) in [6.45, 7) is 7.65. The minimum atomic E-state index is -0.654. The van der Waals surface area contributed by atoms with E-state index in [1.54, 1.807) is 31.1 Å². The van der Waals surface area contributed by atoms with E-state index in [9.17, 15) is 14.0 Å². The number of methoxy groups -OCH3 is 1. The number of hydrogen-bond donors (Lipinski definition) is 1. The van der Waals surface area contributed by atoms with Gasteiger partial charge in [0.1, 0.15) is 17.6 Å². The van der Waals surface area contributed by atoms with Gasteiger partial charge in [0, 0.05) is 17.8 Å². The predicted octanol–water partition coefficient (Wildman–Crippen LogP) is 4.40. The lowest BCUT2D eigenvalue weighted by molar-refractivity contribution is -0.139. The number of carbonyl (C=O) groups excluding carboxylic acids is 2. The third kappa shape index (κ3) is 8.25. The highest BCUT2D eigenvalue weighted by molar-refractivity contribution is 7.99. The molecule has 0 saturated heterocycles. The van der Waals surface area contributed by atoms with Gasteiger partial charge in [-0.05, 0) is 63.1 Å². The molecule has 168 valence electrons. The first kappa shape index (κ1) is 24.7. The van der Waals surface area contributed by atoms with Crippen LogP contribution in [-0.4, -0.2) is 41.2 Å². The number of amides is 2. The van der Waals surface area contributed by atoms with Crippen LogP contribution in [-0.2, 0) is 21.9 Å². The van der Waals surface area contributed by atoms with Crippen LogP contribution in [0.15, 0.2) is 48.5 Å². The molecular weight excluding hydrogens is 415 g/mol. The van der Waals surface area contributed by atoms with E-state index in [-0.39, 0.29) is 29.9 Å². The first-order valence-electron chi connectivity index (χ1n) is 10.2. The molecule has 7 heteroatoms. The number of nitrogens with one attached hydrogen (secondary N) is 1. The van der Waals surface area contributed by atoms with E-state index in [4.69, 9.17) is 4.74 Å². The molecule has 0 aliphatic carbocycles. The maximum Gasteiger partial charge on any atom is 0.242 e. The largest absolute Gasteiger partial charge is 0.497 e. The van der Waals surface area contributed by atoms with Crippen LogP contribution in [0.25, 0.3) is 0 Å². The Morgan fingerprint density at radius 3 is 2.19 bits per heavy atom. The molecule has 0 spiro atoms. The Morgan fingerprint density at radius 1 is 1.06 bits per heavy atom. The van der Waals surface area contributed by atoms with Gasteiger partial charge in [-0.25, -0.2) is 4.39 Å². The molecule has 0 aliphatic rings. The average Bonchev–Trinajstić information content (AvgIpc) is 2.72. The molecule has 1 N–H and O–H groups in total. The SMILES string of the molecule is COc1ccc(CSCC(=O)N(Cc2ccc(F)cc2)[C@@H](C)C(=O)NC(C)(C)C)cc1. The van der Waals surface area contributed by atoms with Gasteiger partial charge in [-0.2, -0.15) is 0 Å². The molecule has 2 amide bonds. The van der Waals surface area contributed by atoms with Crippen LogP contribution in [0.4, 0.5) is 4.39 Å². The zero-order valence-electron chi connectivity index (χ0n) is 18.8. The lowest BCUT2D eigenvalue weighted by atomic mass is 10.1. The second-order valence-corrected chi connectivity index (χ2v) is 9.39. The van der Waals surface area contributed by atoms with Gasteiger partial charge >= 0.3 is 0 Å². The summed E-state index contributed by atoms with van der Waals surface area (Å²) in [5.74, 6) is 0.995. The molecule has 0 aromatic heterocycles. The zero-order valence-corrected chi connectivity index (χ0v) is 19.6. The first-order chi connectivity index (χ1) is 14.6. The van der Waals surface area contributed by atoms with Crippen LogP contribution in [0.1, 0.15) is 38.8 Å². The molecule has 1 atom stereocenters. The van der Waals surface area contributed by atoms with Gasteiger partial charge < -0.3 is 15.0 Å². The number of hydrogen-bond acceptors (Lipinski definition) is 4. The van der Waals surface area contributed by atoms with Crippen molar-refractivity contribution in [2.24, 2.45) is 0 Å². The Kier molecular flexibility index (Phi) is 8.92. The maximum atomic E-state index is 13.3. The summed E-state index contributed by atoms with van der Waals surface area (Å²) in [6, 6.07) is 13.0. The van der Waals surface area contributed by atoms with Crippen LogP contribution in [0, 0.1) is 5.82 Å². The molecule has 0 bridgehead atoms. The van der Waals surface area contributed by atoms with Crippen molar-refractivity contribution >= 4 is 23.6 Å². The van der Waals surface area contributed by atoms with Gasteiger partial charge in [0.2, 0.25) is 11.8 Å². The molecule has 0 fully saturated rings. The number of nitrogens with zero attached hydrogens (tertiary/aromatic N) is 1. The van der Waals surface area contributed by atoms with Crippen LogP contribution in [0.5, 0.6) is 5.75 Å². The van der Waals surface area contributed by atoms with Crippen molar-refractivity contribution in [2.75, 3.05) is 12.9 Å². The summed E-state index contributed by atoms with van der Waals surface area (Å²) < 4.78 is 18.4. The van der Waals surface area contributed by atoms with Gasteiger partial charge in [-0.3, -0.25) is 9.59 Å². The molecule has 2 aromatic rings. The zero-order chi connectivity index (χ0) is 23.0. The van der Waals surface area contributed by atoms with Crippen molar-refractivity contribution in [3.05, 3.63) is 65.5 Å². The molecule has 0 saturated carbocycles. The predicted molar refractivity (Wildman–Crippen MR) is 123 cm³/mol. The molecule has 2 rings (SSSR count). The standard InChI is InChI=1S/C24H31FN2O3S/c1-17(23(29)26-24(2,3)4)27(14-18-6-10-20(25)11-7-18)22(28)16-31-15-19-8-12-21(30-5)13-9-19/h6-13,17H,14-16H2,1-5H3,(H,26,29)/t17-/m0/s1. The quantitative estimate of drug-likeness (QED) is 0.620. The normalized spacial score (nSPS) is 12.2. The van der Waals surface area contributed by atoms with Crippen molar-refractivity contribution in [3.8, 4) is 5.75 Å². The Bertz CT molecular complexity index is 864. The van der Waals surface area contributed by atoms with E-state index in [0.29, 0.717) is 5.75 Å². The summed E-state index contributed by atoms with van der Waals surface area (Å²) in [5.41, 5.74) is 1.45. The van der Waals surface area contributed by atoms with Gasteiger partial charge in [-0.1, -0.05) is 24.3 Å². The van der Waals surface area contributed by atoms with Crippen molar-refractivity contribution in [1.82, 2.24) is 10.2 Å². The van der Waals surface area contributed by atoms with E-state index < -0.39 is 11.6 Å². The van der Waals surface area contributed by atoms with E-state index in [1.165, 1.54) is 23.9 Å². The van der Waals surface area contributed by atoms with Gasteiger partial charge in [0.15, 0.2) is 0 Å². The Labute approximate surface area is 188 Å². The molecule has 0 radical (unpaired) electrons. The van der Waals surface area contributed by atoms with Crippen molar-refractivity contribution in [3.63, 3.8) is 0 Å². The van der Waals surface area contributed by atoms with Gasteiger partial charge in [0.05, 0.1) is 12.9 Å². The highest BCUT2D eigenvalue weighted by Crippen LogP contribution is 2.19. The summed E-state index contributed by atoms with van der Waals surface area (Å²) in [6.07, 6.45) is 0. The monoisotopic (exact) mass is 446 g/mol. The highest BCUT2D eigenvalue weighted by Gasteiger charge is 2.28. The third-order valence-corrected chi connectivity index (χ3v) is 5.57. The molecule has 0 heterocycles. The first-order valence-corrected chi connectivity index (χ1v) is 11.3. The van der Waals surface area contributed by atoms with Crippen LogP contribution in [0.2, 0.25) is 0 Å². The number of ether oxygens (including phenoxy) is 1. The second kappa shape index (κ2) is 11.2. The summed E-state index contributed by atoms with van der Waals surface area (Å²) in [7, 11) is 1.62. The minimum Gasteiger partial charge on any atom is -0.497 e. The molecule has 31 heavy (non-hydrogen) atoms. The fourth-order valence-corrected chi connectivity index (χ4v) is 3.77. The fraction of sp³-hybridized carbons (Fsp3) is 0.417. The number of thioether (sulfide) groups is 1. The lowest BCUT2D eigenvalue weighted by Gasteiger charge is -2.31. The summed E-state index contributed by atoms with van der Waals surface area (Å²) >= 11 is 1.49. The van der Waals surface area contributed by atoms with Crippen molar-refractivity contribution in [1.29, 1.82) is 0 Å². The number of halogens is 1. The molecule has 0 unspecified atom stereocenters. The van der Waals surface area contributed by atoms with E-state index >= 15 is 0 Å². The summed E-state index contributed by atoms with van der Waals surface area (Å²) in [4.78, 5) is 27.3. The number of rotatable bonds is 9. The minimum absolute atomic E-state index is 0.139. The Balaban J connectivity index is 2.06. The maximum absolute atomic E-state index is 13.3.